The van der Waals surface area contributed by atoms with Crippen LogP contribution in [0.2, 0.25) is 0 Å². The molecule has 0 fully saturated rings. The molecule has 0 aliphatic carbocycles. The molecule has 0 aromatic heterocycles. The molecule has 20 heavy (non-hydrogen) atoms. The molecule has 0 heterocycles. The van der Waals surface area contributed by atoms with E-state index in [4.69, 9.17) is 10.5 Å². The summed E-state index contributed by atoms with van der Waals surface area (Å²) >= 11 is 0. The first-order valence-electron chi connectivity index (χ1n) is 6.64. The second-order valence-electron chi connectivity index (χ2n) is 5.71. The van der Waals surface area contributed by atoms with Gasteiger partial charge in [-0.3, -0.25) is 0 Å². The minimum Gasteiger partial charge on any atom is -0.456 e. The van der Waals surface area contributed by atoms with Gasteiger partial charge in [0.1, 0.15) is 11.7 Å². The third kappa shape index (κ3) is 4.92. The van der Waals surface area contributed by atoms with Crippen LogP contribution in [-0.2, 0) is 4.74 Å². The quantitative estimate of drug-likeness (QED) is 0.709. The van der Waals surface area contributed by atoms with Crippen molar-refractivity contribution in [3.05, 3.63) is 35.4 Å². The van der Waals surface area contributed by atoms with Crippen LogP contribution in [0.4, 0.5) is 0 Å². The molecule has 4 N–H and O–H groups in total. The Hall–Kier alpha value is -1.43. The Labute approximate surface area is 119 Å². The summed E-state index contributed by atoms with van der Waals surface area (Å²) in [4.78, 5) is 11.8. The second-order valence-corrected chi connectivity index (χ2v) is 5.71. The number of carbonyl (C=O) groups excluding carboxylic acids is 1. The molecular formula is C15H23NO4. The fourth-order valence-electron chi connectivity index (χ4n) is 1.70. The smallest absolute Gasteiger partial charge is 0.338 e. The average Bonchev–Trinajstić information content (AvgIpc) is 2.36. The van der Waals surface area contributed by atoms with Crippen LogP contribution >= 0.6 is 0 Å². The highest BCUT2D eigenvalue weighted by Crippen LogP contribution is 2.20. The summed E-state index contributed by atoms with van der Waals surface area (Å²) < 4.78 is 5.24. The molecule has 2 unspecified atom stereocenters. The van der Waals surface area contributed by atoms with E-state index in [0.717, 1.165) is 0 Å². The van der Waals surface area contributed by atoms with Crippen LogP contribution in [0.25, 0.3) is 0 Å². The van der Waals surface area contributed by atoms with E-state index in [1.165, 1.54) is 0 Å². The Bertz CT molecular complexity index is 436. The van der Waals surface area contributed by atoms with Gasteiger partial charge in [-0.15, -0.1) is 0 Å². The molecular weight excluding hydrogens is 258 g/mol. The highest BCUT2D eigenvalue weighted by molar-refractivity contribution is 5.89. The Morgan fingerprint density at radius 1 is 1.25 bits per heavy atom. The SMILES string of the molecule is CC(C)(C)OC(=O)c1ccc(C(O)C(O)CCN)cc1. The number of hydrogen-bond donors (Lipinski definition) is 3. The lowest BCUT2D eigenvalue weighted by molar-refractivity contribution is 0.00684. The third-order valence-electron chi connectivity index (χ3n) is 2.71. The first kappa shape index (κ1) is 16.6. The number of esters is 1. The molecule has 1 aromatic rings. The molecule has 0 bridgehead atoms. The van der Waals surface area contributed by atoms with Crippen molar-refractivity contribution >= 4 is 5.97 Å². The molecule has 0 saturated carbocycles. The summed E-state index contributed by atoms with van der Waals surface area (Å²) in [7, 11) is 0. The number of nitrogens with two attached hydrogens (primary N) is 1. The molecule has 0 aliphatic rings. The summed E-state index contributed by atoms with van der Waals surface area (Å²) in [5.74, 6) is -0.416. The Balaban J connectivity index is 2.76. The highest BCUT2D eigenvalue weighted by Gasteiger charge is 2.20. The van der Waals surface area contributed by atoms with Gasteiger partial charge in [-0.05, 0) is 51.4 Å². The number of carbonyl (C=O) groups is 1. The van der Waals surface area contributed by atoms with E-state index in [1.54, 1.807) is 45.0 Å². The van der Waals surface area contributed by atoms with Crippen molar-refractivity contribution in [2.75, 3.05) is 6.54 Å². The summed E-state index contributed by atoms with van der Waals surface area (Å²) in [6, 6.07) is 6.34. The Kier molecular flexibility index (Phi) is 5.68. The lowest BCUT2D eigenvalue weighted by Gasteiger charge is -2.20. The van der Waals surface area contributed by atoms with Crippen LogP contribution in [0.1, 0.15) is 49.2 Å². The van der Waals surface area contributed by atoms with Crippen molar-refractivity contribution < 1.29 is 19.7 Å². The molecule has 1 aromatic carbocycles. The van der Waals surface area contributed by atoms with Crippen molar-refractivity contribution in [2.45, 2.75) is 45.0 Å². The summed E-state index contributed by atoms with van der Waals surface area (Å²) in [6.45, 7) is 5.69. The maximum absolute atomic E-state index is 11.8. The maximum atomic E-state index is 11.8. The first-order chi connectivity index (χ1) is 9.24. The molecule has 0 amide bonds. The van der Waals surface area contributed by atoms with E-state index in [-0.39, 0.29) is 0 Å². The summed E-state index contributed by atoms with van der Waals surface area (Å²) in [6.07, 6.45) is -1.60. The molecule has 0 aliphatic heterocycles. The molecule has 1 rings (SSSR count). The molecule has 5 heteroatoms. The number of aliphatic hydroxyl groups is 2. The fourth-order valence-corrected chi connectivity index (χ4v) is 1.70. The van der Waals surface area contributed by atoms with Crippen molar-refractivity contribution in [1.82, 2.24) is 0 Å². The van der Waals surface area contributed by atoms with Crippen LogP contribution in [0, 0.1) is 0 Å². The maximum Gasteiger partial charge on any atom is 0.338 e. The van der Waals surface area contributed by atoms with Gasteiger partial charge in [-0.25, -0.2) is 4.79 Å². The van der Waals surface area contributed by atoms with Crippen LogP contribution in [0.15, 0.2) is 24.3 Å². The third-order valence-corrected chi connectivity index (χ3v) is 2.71. The normalized spacial score (nSPS) is 14.7. The summed E-state index contributed by atoms with van der Waals surface area (Å²) in [5, 5.41) is 19.6. The molecule has 112 valence electrons. The van der Waals surface area contributed by atoms with E-state index in [2.05, 4.69) is 0 Å². The highest BCUT2D eigenvalue weighted by atomic mass is 16.6. The van der Waals surface area contributed by atoms with Gasteiger partial charge < -0.3 is 20.7 Å². The predicted molar refractivity (Wildman–Crippen MR) is 76.2 cm³/mol. The second kappa shape index (κ2) is 6.83. The lowest BCUT2D eigenvalue weighted by atomic mass is 10.0. The van der Waals surface area contributed by atoms with Crippen LogP contribution in [0.3, 0.4) is 0 Å². The van der Waals surface area contributed by atoms with Crippen molar-refractivity contribution in [3.63, 3.8) is 0 Å². The average molecular weight is 281 g/mol. The van der Waals surface area contributed by atoms with E-state index in [1.807, 2.05) is 0 Å². The summed E-state index contributed by atoms with van der Waals surface area (Å²) in [5.41, 5.74) is 5.73. The van der Waals surface area contributed by atoms with E-state index >= 15 is 0 Å². The largest absolute Gasteiger partial charge is 0.456 e. The van der Waals surface area contributed by atoms with Crippen molar-refractivity contribution in [2.24, 2.45) is 5.73 Å². The van der Waals surface area contributed by atoms with E-state index in [9.17, 15) is 15.0 Å². The number of rotatable bonds is 5. The lowest BCUT2D eigenvalue weighted by Crippen LogP contribution is -2.24. The van der Waals surface area contributed by atoms with Gasteiger partial charge in [0.15, 0.2) is 0 Å². The van der Waals surface area contributed by atoms with Gasteiger partial charge in [-0.1, -0.05) is 12.1 Å². The standard InChI is InChI=1S/C15H23NO4/c1-15(2,3)20-14(19)11-6-4-10(5-7-11)13(18)12(17)8-9-16/h4-7,12-13,17-18H,8-9,16H2,1-3H3. The van der Waals surface area contributed by atoms with Gasteiger partial charge >= 0.3 is 5.97 Å². The number of hydrogen-bond acceptors (Lipinski definition) is 5. The van der Waals surface area contributed by atoms with Crippen molar-refractivity contribution in [3.8, 4) is 0 Å². The molecule has 0 spiro atoms. The van der Waals surface area contributed by atoms with Gasteiger partial charge in [0.2, 0.25) is 0 Å². The predicted octanol–water partition coefficient (Wildman–Crippen LogP) is 1.38. The topological polar surface area (TPSA) is 92.8 Å². The number of ether oxygens (including phenoxy) is 1. The Morgan fingerprint density at radius 3 is 2.25 bits per heavy atom. The zero-order valence-electron chi connectivity index (χ0n) is 12.2. The van der Waals surface area contributed by atoms with Gasteiger partial charge in [-0.2, -0.15) is 0 Å². The minimum absolute atomic E-state index is 0.300. The molecule has 0 radical (unpaired) electrons. The van der Waals surface area contributed by atoms with Crippen molar-refractivity contribution in [1.29, 1.82) is 0 Å². The van der Waals surface area contributed by atoms with Crippen LogP contribution in [0.5, 0.6) is 0 Å². The van der Waals surface area contributed by atoms with Gasteiger partial charge in [0, 0.05) is 0 Å². The molecule has 2 atom stereocenters. The van der Waals surface area contributed by atoms with Gasteiger partial charge in [0.05, 0.1) is 11.7 Å². The number of aliphatic hydroxyl groups excluding tert-OH is 2. The molecule has 0 saturated heterocycles. The molecule has 5 nitrogen and oxygen atoms in total. The minimum atomic E-state index is -1.01. The fraction of sp³-hybridized carbons (Fsp3) is 0.533. The van der Waals surface area contributed by atoms with Crippen LogP contribution < -0.4 is 5.73 Å². The Morgan fingerprint density at radius 2 is 1.80 bits per heavy atom. The van der Waals surface area contributed by atoms with E-state index in [0.29, 0.717) is 24.1 Å². The monoisotopic (exact) mass is 281 g/mol. The first-order valence-corrected chi connectivity index (χ1v) is 6.64. The number of benzene rings is 1. The zero-order valence-corrected chi connectivity index (χ0v) is 12.2. The van der Waals surface area contributed by atoms with E-state index < -0.39 is 23.8 Å². The van der Waals surface area contributed by atoms with Crippen LogP contribution in [-0.4, -0.2) is 34.4 Å². The zero-order chi connectivity index (χ0) is 15.3. The van der Waals surface area contributed by atoms with Gasteiger partial charge in [0.25, 0.3) is 0 Å².